The molecule has 1 aliphatic heterocycles. The number of nitrogens with one attached hydrogen (secondary N) is 1. The van der Waals surface area contributed by atoms with Crippen molar-refractivity contribution in [2.45, 2.75) is 38.8 Å². The molecular weight excluding hydrogens is 441 g/mol. The summed E-state index contributed by atoms with van der Waals surface area (Å²) in [6.07, 6.45) is 3.08. The molecule has 0 fully saturated rings. The van der Waals surface area contributed by atoms with Crippen LogP contribution in [0.15, 0.2) is 42.5 Å². The van der Waals surface area contributed by atoms with Crippen LogP contribution in [0.25, 0.3) is 17.0 Å². The maximum Gasteiger partial charge on any atom is 0.330 e. The summed E-state index contributed by atoms with van der Waals surface area (Å²) in [4.78, 5) is 16.8. The van der Waals surface area contributed by atoms with Gasteiger partial charge in [0.25, 0.3) is 0 Å². The van der Waals surface area contributed by atoms with E-state index in [0.29, 0.717) is 13.0 Å². The minimum absolute atomic E-state index is 0.0955. The fraction of sp³-hybridized carbons (Fsp3) is 0.370. The first-order valence-corrected chi connectivity index (χ1v) is 11.3. The number of nitrogens with zero attached hydrogens (tertiary/aromatic N) is 1. The lowest BCUT2D eigenvalue weighted by Gasteiger charge is -2.48. The quantitative estimate of drug-likeness (QED) is 0.357. The zero-order valence-corrected chi connectivity index (χ0v) is 19.8. The molecule has 0 bridgehead atoms. The van der Waals surface area contributed by atoms with Gasteiger partial charge in [0.15, 0.2) is 0 Å². The van der Waals surface area contributed by atoms with E-state index in [1.165, 1.54) is 25.3 Å². The Balaban J connectivity index is 1.91. The van der Waals surface area contributed by atoms with Crippen LogP contribution in [-0.2, 0) is 16.0 Å². The van der Waals surface area contributed by atoms with Crippen LogP contribution in [0.4, 0.5) is 13.2 Å². The Morgan fingerprint density at radius 3 is 2.59 bits per heavy atom. The molecule has 3 aromatic rings. The van der Waals surface area contributed by atoms with Crippen LogP contribution in [0.5, 0.6) is 0 Å². The Labute approximate surface area is 197 Å². The van der Waals surface area contributed by atoms with Gasteiger partial charge in [0, 0.05) is 40.3 Å². The van der Waals surface area contributed by atoms with E-state index in [1.807, 2.05) is 43.0 Å². The molecule has 0 aliphatic carbocycles. The Kier molecular flexibility index (Phi) is 6.58. The van der Waals surface area contributed by atoms with Gasteiger partial charge < -0.3 is 9.72 Å². The van der Waals surface area contributed by atoms with Gasteiger partial charge >= 0.3 is 5.97 Å². The molecule has 1 N–H and O–H groups in total. The number of esters is 1. The maximum atomic E-state index is 15.6. The zero-order valence-electron chi connectivity index (χ0n) is 19.8. The summed E-state index contributed by atoms with van der Waals surface area (Å²) in [6, 6.07) is 9.46. The summed E-state index contributed by atoms with van der Waals surface area (Å²) in [5.41, 5.74) is 2.27. The SMILES string of the molecule is COC(=O)C=Cc1cc(F)c(C2c3[nH]c4ccccc4c3CC(C)(C)N2CC(C)CF)c(F)c1. The highest BCUT2D eigenvalue weighted by Gasteiger charge is 2.44. The molecule has 2 heterocycles. The molecule has 0 amide bonds. The Hall–Kier alpha value is -3.06. The number of para-hydroxylation sites is 1. The van der Waals surface area contributed by atoms with Crippen LogP contribution in [0.2, 0.25) is 0 Å². The molecule has 2 atom stereocenters. The molecular formula is C27H29F3N2O2. The predicted molar refractivity (Wildman–Crippen MR) is 127 cm³/mol. The number of aromatic nitrogens is 1. The minimum atomic E-state index is -0.765. The van der Waals surface area contributed by atoms with Gasteiger partial charge in [0.05, 0.1) is 19.8 Å². The predicted octanol–water partition coefficient (Wildman–Crippen LogP) is 5.96. The maximum absolute atomic E-state index is 15.6. The Morgan fingerprint density at radius 1 is 1.26 bits per heavy atom. The first-order valence-electron chi connectivity index (χ1n) is 11.3. The fourth-order valence-corrected chi connectivity index (χ4v) is 4.92. The number of alkyl halides is 1. The van der Waals surface area contributed by atoms with E-state index in [2.05, 4.69) is 9.72 Å². The monoisotopic (exact) mass is 470 g/mol. The fourth-order valence-electron chi connectivity index (χ4n) is 4.92. The number of aromatic amines is 1. The second-order valence-electron chi connectivity index (χ2n) is 9.62. The summed E-state index contributed by atoms with van der Waals surface area (Å²) >= 11 is 0. The van der Waals surface area contributed by atoms with Crippen molar-refractivity contribution in [1.29, 1.82) is 0 Å². The molecule has 180 valence electrons. The number of hydrogen-bond donors (Lipinski definition) is 1. The average molecular weight is 471 g/mol. The van der Waals surface area contributed by atoms with Crippen molar-refractivity contribution < 1.29 is 22.7 Å². The third-order valence-corrected chi connectivity index (χ3v) is 6.58. The number of methoxy groups -OCH3 is 1. The summed E-state index contributed by atoms with van der Waals surface area (Å²) in [5, 5.41) is 1.02. The largest absolute Gasteiger partial charge is 0.466 e. The van der Waals surface area contributed by atoms with Gasteiger partial charge in [-0.05, 0) is 61.6 Å². The molecule has 0 saturated heterocycles. The first kappa shape index (κ1) is 24.1. The van der Waals surface area contributed by atoms with Crippen LogP contribution in [0, 0.1) is 17.6 Å². The van der Waals surface area contributed by atoms with E-state index < -0.39 is 35.9 Å². The lowest BCUT2D eigenvalue weighted by molar-refractivity contribution is -0.134. The smallest absolute Gasteiger partial charge is 0.330 e. The Morgan fingerprint density at radius 2 is 1.94 bits per heavy atom. The molecule has 2 aromatic carbocycles. The van der Waals surface area contributed by atoms with Crippen LogP contribution < -0.4 is 0 Å². The number of carbonyl (C=O) groups excluding carboxylic acids is 1. The van der Waals surface area contributed by atoms with Gasteiger partial charge in [-0.2, -0.15) is 0 Å². The number of ether oxygens (including phenoxy) is 1. The van der Waals surface area contributed by atoms with E-state index in [-0.39, 0.29) is 17.0 Å². The van der Waals surface area contributed by atoms with Crippen molar-refractivity contribution in [2.24, 2.45) is 5.92 Å². The van der Waals surface area contributed by atoms with Crippen LogP contribution >= 0.6 is 0 Å². The summed E-state index contributed by atoms with van der Waals surface area (Å²) in [5.74, 6) is -2.38. The number of benzene rings is 2. The van der Waals surface area contributed by atoms with Gasteiger partial charge in [0.1, 0.15) is 11.6 Å². The van der Waals surface area contributed by atoms with Crippen LogP contribution in [0.1, 0.15) is 49.2 Å². The van der Waals surface area contributed by atoms with E-state index >= 15 is 8.78 Å². The molecule has 1 aliphatic rings. The third kappa shape index (κ3) is 4.37. The molecule has 4 rings (SSSR count). The number of hydrogen-bond acceptors (Lipinski definition) is 3. The highest BCUT2D eigenvalue weighted by atomic mass is 19.1. The number of rotatable bonds is 6. The molecule has 1 aromatic heterocycles. The van der Waals surface area contributed by atoms with Gasteiger partial charge in [0.2, 0.25) is 0 Å². The second-order valence-corrected chi connectivity index (χ2v) is 9.62. The van der Waals surface area contributed by atoms with Gasteiger partial charge in [-0.3, -0.25) is 9.29 Å². The van der Waals surface area contributed by atoms with E-state index in [1.54, 1.807) is 6.92 Å². The lowest BCUT2D eigenvalue weighted by Crippen LogP contribution is -2.53. The molecule has 0 radical (unpaired) electrons. The summed E-state index contributed by atoms with van der Waals surface area (Å²) in [7, 11) is 1.23. The summed E-state index contributed by atoms with van der Waals surface area (Å²) in [6.45, 7) is 5.66. The van der Waals surface area contributed by atoms with Crippen LogP contribution in [0.3, 0.4) is 0 Å². The highest BCUT2D eigenvalue weighted by molar-refractivity contribution is 5.87. The van der Waals surface area contributed by atoms with Crippen LogP contribution in [-0.4, -0.2) is 41.7 Å². The number of carbonyl (C=O) groups is 1. The lowest BCUT2D eigenvalue weighted by atomic mass is 9.80. The molecule has 7 heteroatoms. The number of fused-ring (bicyclic) bond motifs is 3. The molecule has 34 heavy (non-hydrogen) atoms. The van der Waals surface area contributed by atoms with E-state index in [0.717, 1.165) is 28.2 Å². The van der Waals surface area contributed by atoms with Crippen molar-refractivity contribution in [1.82, 2.24) is 9.88 Å². The normalized spacial score (nSPS) is 18.9. The van der Waals surface area contributed by atoms with E-state index in [9.17, 15) is 9.18 Å². The summed E-state index contributed by atoms with van der Waals surface area (Å²) < 4.78 is 49.3. The topological polar surface area (TPSA) is 45.3 Å². The molecule has 0 saturated carbocycles. The average Bonchev–Trinajstić information content (AvgIpc) is 3.15. The Bertz CT molecular complexity index is 1220. The van der Waals surface area contributed by atoms with E-state index in [4.69, 9.17) is 0 Å². The molecule has 0 spiro atoms. The van der Waals surface area contributed by atoms with Crippen molar-refractivity contribution in [3.8, 4) is 0 Å². The second kappa shape index (κ2) is 9.29. The zero-order chi connectivity index (χ0) is 24.6. The molecule has 2 unspecified atom stereocenters. The van der Waals surface area contributed by atoms with Gasteiger partial charge in [-0.25, -0.2) is 13.6 Å². The van der Waals surface area contributed by atoms with Crippen molar-refractivity contribution in [2.75, 3.05) is 20.3 Å². The number of H-pyrrole nitrogens is 1. The van der Waals surface area contributed by atoms with Crippen molar-refractivity contribution in [3.05, 3.63) is 76.5 Å². The number of halogens is 3. The standard InChI is InChI=1S/C27H29F3N2O2/c1-16(14-28)15-32-26(24-20(29)11-17(12-21(24)30)9-10-23(33)34-4)25-19(13-27(32,2)3)18-7-5-6-8-22(18)31-25/h5-12,16,26,31H,13-15H2,1-4H3. The third-order valence-electron chi connectivity index (χ3n) is 6.58. The van der Waals surface area contributed by atoms with Crippen molar-refractivity contribution in [3.63, 3.8) is 0 Å². The minimum Gasteiger partial charge on any atom is -0.466 e. The first-order chi connectivity index (χ1) is 16.2. The highest BCUT2D eigenvalue weighted by Crippen LogP contribution is 2.46. The van der Waals surface area contributed by atoms with Crippen molar-refractivity contribution >= 4 is 22.9 Å². The van der Waals surface area contributed by atoms with Gasteiger partial charge in [-0.15, -0.1) is 0 Å². The van der Waals surface area contributed by atoms with Gasteiger partial charge in [-0.1, -0.05) is 25.1 Å². The molecule has 4 nitrogen and oxygen atoms in total.